The summed E-state index contributed by atoms with van der Waals surface area (Å²) in [6, 6.07) is 7.00. The molecule has 0 N–H and O–H groups in total. The van der Waals surface area contributed by atoms with Crippen LogP contribution in [0, 0.1) is 11.6 Å². The zero-order valence-electron chi connectivity index (χ0n) is 15.6. The number of benzene rings is 1. The van der Waals surface area contributed by atoms with E-state index in [1.165, 1.54) is 12.1 Å². The minimum absolute atomic E-state index is 0.326. The molecule has 0 aliphatic carbocycles. The van der Waals surface area contributed by atoms with Crippen LogP contribution in [0.25, 0.3) is 16.7 Å². The Balaban J connectivity index is 1.77. The van der Waals surface area contributed by atoms with Crippen LogP contribution in [0.1, 0.15) is 32.9 Å². The molecule has 1 aromatic carbocycles. The number of hydrogen-bond acceptors (Lipinski definition) is 3. The highest BCUT2D eigenvalue weighted by Crippen LogP contribution is 2.28. The van der Waals surface area contributed by atoms with E-state index in [9.17, 15) is 13.6 Å². The molecule has 1 amide bonds. The van der Waals surface area contributed by atoms with Crippen LogP contribution in [0.5, 0.6) is 0 Å². The fraction of sp³-hybridized carbons (Fsp3) is 0.333. The van der Waals surface area contributed by atoms with Crippen molar-refractivity contribution < 1.29 is 18.3 Å². The first kappa shape index (κ1) is 19.0. The normalized spacial score (nSPS) is 14.7. The Morgan fingerprint density at radius 3 is 2.59 bits per heavy atom. The van der Waals surface area contributed by atoms with Crippen LogP contribution >= 0.6 is 0 Å². The fourth-order valence-corrected chi connectivity index (χ4v) is 2.89. The van der Waals surface area contributed by atoms with Gasteiger partial charge in [-0.3, -0.25) is 4.98 Å². The van der Waals surface area contributed by atoms with Gasteiger partial charge in [-0.05, 0) is 62.6 Å². The van der Waals surface area contributed by atoms with Gasteiger partial charge in [0.15, 0.2) is 0 Å². The molecule has 2 heterocycles. The molecule has 0 bridgehead atoms. The maximum absolute atomic E-state index is 14.1. The standard InChI is InChI=1S/C21H22F2N2O2/c1-21(2,3)27-20(26)25-10-7-14(8-11-25)19-12-15(6-9-24-19)17-5-4-16(22)13-18(17)23/h4-7,9,12-13H,8,10-11H2,1-3H3. The molecule has 1 aromatic heterocycles. The van der Waals surface area contributed by atoms with Crippen molar-refractivity contribution in [1.29, 1.82) is 0 Å². The lowest BCUT2D eigenvalue weighted by Gasteiger charge is -2.29. The number of carbonyl (C=O) groups is 1. The number of ether oxygens (including phenoxy) is 1. The summed E-state index contributed by atoms with van der Waals surface area (Å²) in [6.07, 6.45) is 3.82. The van der Waals surface area contributed by atoms with E-state index in [4.69, 9.17) is 4.74 Å². The maximum atomic E-state index is 14.1. The molecule has 1 aliphatic heterocycles. The molecular weight excluding hydrogens is 350 g/mol. The van der Waals surface area contributed by atoms with Gasteiger partial charge in [-0.1, -0.05) is 6.08 Å². The molecule has 2 aromatic rings. The van der Waals surface area contributed by atoms with Gasteiger partial charge in [0.2, 0.25) is 0 Å². The van der Waals surface area contributed by atoms with Crippen molar-refractivity contribution in [2.75, 3.05) is 13.1 Å². The zero-order valence-corrected chi connectivity index (χ0v) is 15.6. The number of carbonyl (C=O) groups excluding carboxylic acids is 1. The topological polar surface area (TPSA) is 42.4 Å². The Morgan fingerprint density at radius 1 is 1.19 bits per heavy atom. The van der Waals surface area contributed by atoms with Crippen molar-refractivity contribution in [1.82, 2.24) is 9.88 Å². The molecule has 1 aliphatic rings. The lowest BCUT2D eigenvalue weighted by atomic mass is 10.00. The number of halogens is 2. The van der Waals surface area contributed by atoms with E-state index in [-0.39, 0.29) is 6.09 Å². The van der Waals surface area contributed by atoms with Crippen LogP contribution in [0.15, 0.2) is 42.6 Å². The maximum Gasteiger partial charge on any atom is 0.410 e. The lowest BCUT2D eigenvalue weighted by Crippen LogP contribution is -2.39. The molecule has 0 spiro atoms. The van der Waals surface area contributed by atoms with E-state index >= 15 is 0 Å². The summed E-state index contributed by atoms with van der Waals surface area (Å²) < 4.78 is 32.6. The largest absolute Gasteiger partial charge is 0.444 e. The van der Waals surface area contributed by atoms with Gasteiger partial charge < -0.3 is 9.64 Å². The smallest absolute Gasteiger partial charge is 0.410 e. The number of amides is 1. The summed E-state index contributed by atoms with van der Waals surface area (Å²) >= 11 is 0. The Labute approximate surface area is 157 Å². The molecule has 6 heteroatoms. The van der Waals surface area contributed by atoms with E-state index in [2.05, 4.69) is 4.98 Å². The SMILES string of the molecule is CC(C)(C)OC(=O)N1CC=C(c2cc(-c3ccc(F)cc3F)ccn2)CC1. The molecule has 0 unspecified atom stereocenters. The van der Waals surface area contributed by atoms with Gasteiger partial charge in [0, 0.05) is 30.9 Å². The Kier molecular flexibility index (Phi) is 5.26. The van der Waals surface area contributed by atoms with Gasteiger partial charge in [-0.25, -0.2) is 13.6 Å². The van der Waals surface area contributed by atoms with E-state index in [0.717, 1.165) is 17.3 Å². The van der Waals surface area contributed by atoms with E-state index < -0.39 is 17.2 Å². The quantitative estimate of drug-likeness (QED) is 0.741. The molecule has 0 fully saturated rings. The first-order valence-corrected chi connectivity index (χ1v) is 8.82. The Hall–Kier alpha value is -2.76. The lowest BCUT2D eigenvalue weighted by molar-refractivity contribution is 0.0270. The van der Waals surface area contributed by atoms with Crippen molar-refractivity contribution in [3.05, 3.63) is 59.9 Å². The molecule has 0 radical (unpaired) electrons. The first-order chi connectivity index (χ1) is 12.7. The fourth-order valence-electron chi connectivity index (χ4n) is 2.89. The number of rotatable bonds is 2. The van der Waals surface area contributed by atoms with Crippen LogP contribution in [0.2, 0.25) is 0 Å². The number of aromatic nitrogens is 1. The summed E-state index contributed by atoms with van der Waals surface area (Å²) in [5.74, 6) is -1.22. The summed E-state index contributed by atoms with van der Waals surface area (Å²) in [4.78, 5) is 18.2. The summed E-state index contributed by atoms with van der Waals surface area (Å²) in [6.45, 7) is 6.46. The monoisotopic (exact) mass is 372 g/mol. The van der Waals surface area contributed by atoms with Gasteiger partial charge in [-0.15, -0.1) is 0 Å². The molecule has 0 saturated carbocycles. The predicted octanol–water partition coefficient (Wildman–Crippen LogP) is 5.05. The van der Waals surface area contributed by atoms with Gasteiger partial charge in [0.05, 0.1) is 5.69 Å². The Bertz CT molecular complexity index is 888. The van der Waals surface area contributed by atoms with Crippen molar-refractivity contribution in [3.8, 4) is 11.1 Å². The average molecular weight is 372 g/mol. The third-order valence-electron chi connectivity index (χ3n) is 4.19. The van der Waals surface area contributed by atoms with Crippen LogP contribution in [-0.2, 0) is 4.74 Å². The Morgan fingerprint density at radius 2 is 1.96 bits per heavy atom. The van der Waals surface area contributed by atoms with Crippen molar-refractivity contribution in [2.45, 2.75) is 32.8 Å². The van der Waals surface area contributed by atoms with Gasteiger partial charge in [0.25, 0.3) is 0 Å². The average Bonchev–Trinajstić information content (AvgIpc) is 2.60. The molecule has 4 nitrogen and oxygen atoms in total. The molecule has 0 atom stereocenters. The highest BCUT2D eigenvalue weighted by atomic mass is 19.1. The molecule has 0 saturated heterocycles. The molecule has 27 heavy (non-hydrogen) atoms. The minimum atomic E-state index is -0.610. The van der Waals surface area contributed by atoms with Crippen LogP contribution in [0.4, 0.5) is 13.6 Å². The molecule has 142 valence electrons. The van der Waals surface area contributed by atoms with Gasteiger partial charge >= 0.3 is 6.09 Å². The van der Waals surface area contributed by atoms with Crippen molar-refractivity contribution in [2.24, 2.45) is 0 Å². The summed E-state index contributed by atoms with van der Waals surface area (Å²) in [5.41, 5.74) is 2.13. The van der Waals surface area contributed by atoms with Crippen molar-refractivity contribution in [3.63, 3.8) is 0 Å². The second kappa shape index (κ2) is 7.47. The number of hydrogen-bond donors (Lipinski definition) is 0. The van der Waals surface area contributed by atoms with Crippen LogP contribution < -0.4 is 0 Å². The summed E-state index contributed by atoms with van der Waals surface area (Å²) in [5, 5.41) is 0. The predicted molar refractivity (Wildman–Crippen MR) is 100.0 cm³/mol. The van der Waals surface area contributed by atoms with E-state index in [1.807, 2.05) is 26.8 Å². The van der Waals surface area contributed by atoms with Crippen LogP contribution in [0.3, 0.4) is 0 Å². The van der Waals surface area contributed by atoms with E-state index in [0.29, 0.717) is 30.6 Å². The highest BCUT2D eigenvalue weighted by molar-refractivity contribution is 5.74. The number of pyridine rings is 1. The third kappa shape index (κ3) is 4.70. The van der Waals surface area contributed by atoms with Gasteiger partial charge in [0.1, 0.15) is 17.2 Å². The van der Waals surface area contributed by atoms with Crippen molar-refractivity contribution >= 4 is 11.7 Å². The van der Waals surface area contributed by atoms with Crippen LogP contribution in [-0.4, -0.2) is 34.7 Å². The summed E-state index contributed by atoms with van der Waals surface area (Å²) in [7, 11) is 0. The number of nitrogens with zero attached hydrogens (tertiary/aromatic N) is 2. The third-order valence-corrected chi connectivity index (χ3v) is 4.19. The zero-order chi connectivity index (χ0) is 19.6. The molecular formula is C21H22F2N2O2. The second-order valence-corrected chi connectivity index (χ2v) is 7.46. The van der Waals surface area contributed by atoms with Gasteiger partial charge in [-0.2, -0.15) is 0 Å². The molecule has 3 rings (SSSR count). The second-order valence-electron chi connectivity index (χ2n) is 7.46. The highest BCUT2D eigenvalue weighted by Gasteiger charge is 2.24. The minimum Gasteiger partial charge on any atom is -0.444 e. The first-order valence-electron chi connectivity index (χ1n) is 8.82. The van der Waals surface area contributed by atoms with E-state index in [1.54, 1.807) is 23.2 Å².